The van der Waals surface area contributed by atoms with Crippen LogP contribution in [0.2, 0.25) is 0 Å². The highest BCUT2D eigenvalue weighted by atomic mass is 79.9. The smallest absolute Gasteiger partial charge is 0.187 e. The number of rotatable bonds is 3. The van der Waals surface area contributed by atoms with Crippen molar-refractivity contribution in [3.63, 3.8) is 0 Å². The van der Waals surface area contributed by atoms with Gasteiger partial charge in [0.1, 0.15) is 4.60 Å². The molecule has 1 fully saturated rings. The lowest BCUT2D eigenvalue weighted by Gasteiger charge is -2.24. The van der Waals surface area contributed by atoms with Gasteiger partial charge >= 0.3 is 0 Å². The Labute approximate surface area is 182 Å². The summed E-state index contributed by atoms with van der Waals surface area (Å²) in [6.07, 6.45) is 2.61. The van der Waals surface area contributed by atoms with E-state index in [1.807, 2.05) is 24.3 Å². The molecule has 8 heteroatoms. The normalized spacial score (nSPS) is 15.7. The van der Waals surface area contributed by atoms with Gasteiger partial charge in [-0.3, -0.25) is 0 Å². The molecule has 0 radical (unpaired) electrons. The molecule has 0 N–H and O–H groups in total. The molecule has 1 aliphatic heterocycles. The van der Waals surface area contributed by atoms with Gasteiger partial charge in [0, 0.05) is 17.7 Å². The Kier molecular flexibility index (Phi) is 5.59. The molecule has 1 aromatic carbocycles. The molecule has 1 atom stereocenters. The first-order chi connectivity index (χ1) is 14.6. The van der Waals surface area contributed by atoms with Crippen molar-refractivity contribution in [2.45, 2.75) is 25.5 Å². The van der Waals surface area contributed by atoms with Crippen molar-refractivity contribution in [1.29, 1.82) is 5.26 Å². The summed E-state index contributed by atoms with van der Waals surface area (Å²) in [5, 5.41) is 14.4. The van der Waals surface area contributed by atoms with Crippen LogP contribution in [0.5, 0.6) is 0 Å². The van der Waals surface area contributed by atoms with Gasteiger partial charge in [-0.15, -0.1) is 0 Å². The van der Waals surface area contributed by atoms with Crippen molar-refractivity contribution in [2.75, 3.05) is 6.61 Å². The van der Waals surface area contributed by atoms with Gasteiger partial charge in [0.15, 0.2) is 17.6 Å². The third-order valence-corrected chi connectivity index (χ3v) is 5.31. The number of pyridine rings is 1. The van der Waals surface area contributed by atoms with E-state index in [1.54, 1.807) is 4.68 Å². The van der Waals surface area contributed by atoms with Crippen molar-refractivity contribution in [2.24, 2.45) is 0 Å². The Balaban J connectivity index is 1.94. The zero-order valence-electron chi connectivity index (χ0n) is 15.8. The molecule has 2 aromatic heterocycles. The number of ether oxygens (including phenoxy) is 1. The molecular formula is C22H15BrN6O. The fraction of sp³-hybridized carbons (Fsp3) is 0.227. The van der Waals surface area contributed by atoms with E-state index in [2.05, 4.69) is 36.7 Å². The summed E-state index contributed by atoms with van der Waals surface area (Å²) < 4.78 is 8.44. The number of nitriles is 1. The maximum absolute atomic E-state index is 9.66. The van der Waals surface area contributed by atoms with Crippen LogP contribution in [0.15, 0.2) is 41.0 Å². The van der Waals surface area contributed by atoms with Gasteiger partial charge in [-0.05, 0) is 59.5 Å². The zero-order chi connectivity index (χ0) is 21.1. The van der Waals surface area contributed by atoms with Gasteiger partial charge in [-0.2, -0.15) is 10.4 Å². The fourth-order valence-electron chi connectivity index (χ4n) is 3.52. The van der Waals surface area contributed by atoms with Crippen molar-refractivity contribution >= 4 is 27.3 Å². The summed E-state index contributed by atoms with van der Waals surface area (Å²) >= 11 is 3.41. The molecule has 30 heavy (non-hydrogen) atoms. The Bertz CT molecular complexity index is 1200. The number of hydrogen-bond donors (Lipinski definition) is 0. The summed E-state index contributed by atoms with van der Waals surface area (Å²) in [5.41, 5.74) is 3.08. The largest absolute Gasteiger partial charge is 0.356 e. The second-order valence-electron chi connectivity index (χ2n) is 6.75. The topological polar surface area (TPSA) is 72.5 Å². The molecule has 0 saturated carbocycles. The number of aromatic nitrogens is 3. The molecule has 0 spiro atoms. The van der Waals surface area contributed by atoms with Gasteiger partial charge in [0.05, 0.1) is 36.3 Å². The van der Waals surface area contributed by atoms with E-state index in [0.29, 0.717) is 28.2 Å². The number of halogens is 1. The lowest BCUT2D eigenvalue weighted by atomic mass is 10.0. The maximum Gasteiger partial charge on any atom is 0.187 e. The average Bonchev–Trinajstić information content (AvgIpc) is 3.23. The van der Waals surface area contributed by atoms with E-state index in [1.165, 1.54) is 12.1 Å². The average molecular weight is 459 g/mol. The van der Waals surface area contributed by atoms with Crippen LogP contribution in [0.4, 0.5) is 11.4 Å². The van der Waals surface area contributed by atoms with Gasteiger partial charge < -0.3 is 4.74 Å². The Morgan fingerprint density at radius 1 is 1.17 bits per heavy atom. The first kappa shape index (κ1) is 19.8. The van der Waals surface area contributed by atoms with Crippen LogP contribution in [0.1, 0.15) is 31.1 Å². The molecule has 3 heterocycles. The Hall–Kier alpha value is -3.51. The number of hydrogen-bond acceptors (Lipinski definition) is 4. The SMILES string of the molecule is [C-]#[N+]c1cc(C#N)c(-c2cc(-c3cccc(Br)n3)n(C3CCCCO3)n2)c([N+]#[C-])c1. The molecule has 1 unspecified atom stereocenters. The molecule has 4 rings (SSSR count). The summed E-state index contributed by atoms with van der Waals surface area (Å²) in [5.74, 6) is 0. The summed E-state index contributed by atoms with van der Waals surface area (Å²) in [6, 6.07) is 12.5. The number of nitrogens with zero attached hydrogens (tertiary/aromatic N) is 6. The second-order valence-corrected chi connectivity index (χ2v) is 7.56. The van der Waals surface area contributed by atoms with E-state index in [-0.39, 0.29) is 23.2 Å². The predicted molar refractivity (Wildman–Crippen MR) is 115 cm³/mol. The maximum atomic E-state index is 9.66. The second kappa shape index (κ2) is 8.47. The minimum atomic E-state index is -0.243. The first-order valence-corrected chi connectivity index (χ1v) is 10.1. The van der Waals surface area contributed by atoms with Crippen LogP contribution >= 0.6 is 15.9 Å². The van der Waals surface area contributed by atoms with Crippen LogP contribution in [0.25, 0.3) is 32.3 Å². The van der Waals surface area contributed by atoms with E-state index >= 15 is 0 Å². The minimum Gasteiger partial charge on any atom is -0.356 e. The van der Waals surface area contributed by atoms with Gasteiger partial charge in [0.25, 0.3) is 0 Å². The highest BCUT2D eigenvalue weighted by Crippen LogP contribution is 2.39. The molecule has 1 saturated heterocycles. The van der Waals surface area contributed by atoms with Gasteiger partial charge in [-0.1, -0.05) is 12.1 Å². The van der Waals surface area contributed by atoms with Gasteiger partial charge in [-0.25, -0.2) is 19.4 Å². The number of benzene rings is 1. The molecular weight excluding hydrogens is 444 g/mol. The molecule has 0 aliphatic carbocycles. The van der Waals surface area contributed by atoms with Crippen LogP contribution in [0.3, 0.4) is 0 Å². The highest BCUT2D eigenvalue weighted by molar-refractivity contribution is 9.10. The lowest BCUT2D eigenvalue weighted by Crippen LogP contribution is -2.20. The van der Waals surface area contributed by atoms with E-state index in [0.717, 1.165) is 25.0 Å². The third-order valence-electron chi connectivity index (χ3n) is 4.87. The van der Waals surface area contributed by atoms with Gasteiger partial charge in [0.2, 0.25) is 0 Å². The molecule has 146 valence electrons. The van der Waals surface area contributed by atoms with Crippen molar-refractivity contribution in [1.82, 2.24) is 14.8 Å². The third kappa shape index (κ3) is 3.69. The standard InChI is InChI=1S/C22H15BrN6O/c1-25-15-10-14(13-24)22(17(11-15)26-2)18-12-19(16-6-5-7-20(23)27-16)29(28-18)21-8-3-4-9-30-21/h5-7,10-12,21H,3-4,8-9H2. The lowest BCUT2D eigenvalue weighted by molar-refractivity contribution is -0.0382. The summed E-state index contributed by atoms with van der Waals surface area (Å²) in [7, 11) is 0. The van der Waals surface area contributed by atoms with Crippen LogP contribution in [0, 0.1) is 24.5 Å². The predicted octanol–water partition coefficient (Wildman–Crippen LogP) is 6.05. The molecule has 1 aliphatic rings. The van der Waals surface area contributed by atoms with Crippen LogP contribution in [-0.4, -0.2) is 21.4 Å². The van der Waals surface area contributed by atoms with Crippen LogP contribution < -0.4 is 0 Å². The van der Waals surface area contributed by atoms with E-state index in [9.17, 15) is 5.26 Å². The molecule has 0 bridgehead atoms. The fourth-order valence-corrected chi connectivity index (χ4v) is 3.86. The first-order valence-electron chi connectivity index (χ1n) is 9.32. The van der Waals surface area contributed by atoms with Crippen molar-refractivity contribution in [3.8, 4) is 28.7 Å². The Morgan fingerprint density at radius 2 is 2.03 bits per heavy atom. The Morgan fingerprint density at radius 3 is 2.70 bits per heavy atom. The van der Waals surface area contributed by atoms with Crippen LogP contribution in [-0.2, 0) is 4.74 Å². The minimum absolute atomic E-state index is 0.225. The highest BCUT2D eigenvalue weighted by Gasteiger charge is 2.24. The quantitative estimate of drug-likeness (QED) is 0.353. The monoisotopic (exact) mass is 458 g/mol. The van der Waals surface area contributed by atoms with E-state index < -0.39 is 0 Å². The van der Waals surface area contributed by atoms with E-state index in [4.69, 9.17) is 23.0 Å². The zero-order valence-corrected chi connectivity index (χ0v) is 17.4. The van der Waals surface area contributed by atoms with Crippen molar-refractivity contribution < 1.29 is 4.74 Å². The molecule has 3 aromatic rings. The molecule has 0 amide bonds. The molecule has 7 nitrogen and oxygen atoms in total. The summed E-state index contributed by atoms with van der Waals surface area (Å²) in [4.78, 5) is 11.5. The summed E-state index contributed by atoms with van der Waals surface area (Å²) in [6.45, 7) is 15.4. The van der Waals surface area contributed by atoms with Crippen molar-refractivity contribution in [3.05, 3.63) is 69.4 Å².